The van der Waals surface area contributed by atoms with Gasteiger partial charge in [0.25, 0.3) is 11.8 Å². The molecule has 0 unspecified atom stereocenters. The highest BCUT2D eigenvalue weighted by molar-refractivity contribution is 7.09. The maximum absolute atomic E-state index is 12.4. The molecule has 1 saturated heterocycles. The summed E-state index contributed by atoms with van der Waals surface area (Å²) in [6, 6.07) is 5.78. The van der Waals surface area contributed by atoms with Crippen LogP contribution in [0.1, 0.15) is 40.3 Å². The van der Waals surface area contributed by atoms with E-state index in [-0.39, 0.29) is 18.4 Å². The van der Waals surface area contributed by atoms with Gasteiger partial charge >= 0.3 is 0 Å². The molecule has 0 saturated carbocycles. The summed E-state index contributed by atoms with van der Waals surface area (Å²) in [7, 11) is 0. The topological polar surface area (TPSA) is 74.8 Å². The second kappa shape index (κ2) is 8.92. The first kappa shape index (κ1) is 19.8. The van der Waals surface area contributed by atoms with Gasteiger partial charge in [0.15, 0.2) is 6.61 Å². The lowest BCUT2D eigenvalue weighted by atomic mass is 10.1. The van der Waals surface area contributed by atoms with Crippen LogP contribution in [0.2, 0.25) is 0 Å². The van der Waals surface area contributed by atoms with Gasteiger partial charge in [-0.1, -0.05) is 12.5 Å². The van der Waals surface area contributed by atoms with Crippen molar-refractivity contribution in [3.63, 3.8) is 0 Å². The lowest BCUT2D eigenvalue weighted by Gasteiger charge is -2.29. The van der Waals surface area contributed by atoms with Crippen molar-refractivity contribution in [1.29, 1.82) is 0 Å². The number of hydrogen-bond donors (Lipinski definition) is 1. The van der Waals surface area contributed by atoms with E-state index in [4.69, 9.17) is 4.74 Å². The molecule has 2 aliphatic rings. The van der Waals surface area contributed by atoms with Crippen LogP contribution >= 0.6 is 11.3 Å². The van der Waals surface area contributed by atoms with Gasteiger partial charge in [-0.05, 0) is 50.6 Å². The molecule has 0 atom stereocenters. The highest BCUT2D eigenvalue weighted by Crippen LogP contribution is 2.34. The second-order valence-electron chi connectivity index (χ2n) is 7.52. The number of benzene rings is 1. The van der Waals surface area contributed by atoms with Crippen LogP contribution in [0, 0.1) is 6.92 Å². The lowest BCUT2D eigenvalue weighted by molar-refractivity contribution is -0.121. The SMILES string of the molecule is Cc1ccc2c(c1)N(Cc1nc(C(=O)NCCN3CCCCC3)cs1)C(=O)CO2. The molecule has 0 bridgehead atoms. The minimum absolute atomic E-state index is 0.0191. The van der Waals surface area contributed by atoms with Crippen LogP contribution in [-0.2, 0) is 11.3 Å². The van der Waals surface area contributed by atoms with Gasteiger partial charge in [0.2, 0.25) is 0 Å². The molecule has 1 N–H and O–H groups in total. The molecule has 7 nitrogen and oxygen atoms in total. The van der Waals surface area contributed by atoms with E-state index < -0.39 is 0 Å². The number of rotatable bonds is 6. The first-order valence-electron chi connectivity index (χ1n) is 10.1. The van der Waals surface area contributed by atoms with E-state index in [2.05, 4.69) is 15.2 Å². The maximum atomic E-state index is 12.4. The van der Waals surface area contributed by atoms with Crippen LogP contribution in [0.25, 0.3) is 0 Å². The summed E-state index contributed by atoms with van der Waals surface area (Å²) < 4.78 is 5.52. The predicted octanol–water partition coefficient (Wildman–Crippen LogP) is 2.59. The molecule has 2 aliphatic heterocycles. The van der Waals surface area contributed by atoms with Crippen molar-refractivity contribution in [3.05, 3.63) is 39.8 Å². The van der Waals surface area contributed by atoms with E-state index >= 15 is 0 Å². The Labute approximate surface area is 174 Å². The van der Waals surface area contributed by atoms with Crippen LogP contribution in [0.4, 0.5) is 5.69 Å². The first-order valence-corrected chi connectivity index (χ1v) is 11.0. The molecule has 8 heteroatoms. The van der Waals surface area contributed by atoms with Crippen molar-refractivity contribution >= 4 is 28.8 Å². The van der Waals surface area contributed by atoms with Gasteiger partial charge in [-0.2, -0.15) is 0 Å². The van der Waals surface area contributed by atoms with E-state index in [9.17, 15) is 9.59 Å². The van der Waals surface area contributed by atoms with E-state index in [1.165, 1.54) is 30.6 Å². The van der Waals surface area contributed by atoms with Crippen molar-refractivity contribution in [3.8, 4) is 5.75 Å². The van der Waals surface area contributed by atoms with Crippen LogP contribution in [0.3, 0.4) is 0 Å². The number of piperidine rings is 1. The Morgan fingerprint density at radius 1 is 1.28 bits per heavy atom. The normalized spacial score (nSPS) is 17.0. The fraction of sp³-hybridized carbons (Fsp3) is 0.476. The van der Waals surface area contributed by atoms with Crippen molar-refractivity contribution in [1.82, 2.24) is 15.2 Å². The van der Waals surface area contributed by atoms with Crippen molar-refractivity contribution < 1.29 is 14.3 Å². The number of aryl methyl sites for hydroxylation is 1. The Hall–Kier alpha value is -2.45. The summed E-state index contributed by atoms with van der Waals surface area (Å²) >= 11 is 1.40. The average Bonchev–Trinajstić information content (AvgIpc) is 3.20. The molecule has 154 valence electrons. The molecular weight excluding hydrogens is 388 g/mol. The quantitative estimate of drug-likeness (QED) is 0.786. The second-order valence-corrected chi connectivity index (χ2v) is 8.47. The Morgan fingerprint density at radius 2 is 2.10 bits per heavy atom. The summed E-state index contributed by atoms with van der Waals surface area (Å²) in [6.07, 6.45) is 3.79. The largest absolute Gasteiger partial charge is 0.482 e. The molecule has 1 aromatic heterocycles. The molecule has 29 heavy (non-hydrogen) atoms. The Kier molecular flexibility index (Phi) is 6.10. The number of carbonyl (C=O) groups excluding carboxylic acids is 2. The highest BCUT2D eigenvalue weighted by Gasteiger charge is 2.27. The molecule has 1 aromatic carbocycles. The third-order valence-electron chi connectivity index (χ3n) is 5.30. The first-order chi connectivity index (χ1) is 14.1. The number of amides is 2. The number of fused-ring (bicyclic) bond motifs is 1. The minimum Gasteiger partial charge on any atom is -0.482 e. The number of aromatic nitrogens is 1. The summed E-state index contributed by atoms with van der Waals surface area (Å²) in [4.78, 5) is 33.3. The average molecular weight is 415 g/mol. The fourth-order valence-corrected chi connectivity index (χ4v) is 4.47. The third kappa shape index (κ3) is 4.76. The summed E-state index contributed by atoms with van der Waals surface area (Å²) in [5.41, 5.74) is 2.22. The van der Waals surface area contributed by atoms with Gasteiger partial charge in [0.05, 0.1) is 12.2 Å². The van der Waals surface area contributed by atoms with Crippen LogP contribution in [-0.4, -0.2) is 54.5 Å². The van der Waals surface area contributed by atoms with Gasteiger partial charge in [-0.3, -0.25) is 14.5 Å². The molecule has 2 aromatic rings. The smallest absolute Gasteiger partial charge is 0.270 e. The Morgan fingerprint density at radius 3 is 2.93 bits per heavy atom. The third-order valence-corrected chi connectivity index (χ3v) is 6.13. The molecule has 3 heterocycles. The van der Waals surface area contributed by atoms with Crippen LogP contribution in [0.15, 0.2) is 23.6 Å². The predicted molar refractivity (Wildman–Crippen MR) is 113 cm³/mol. The zero-order chi connectivity index (χ0) is 20.2. The van der Waals surface area contributed by atoms with Gasteiger partial charge in [0, 0.05) is 18.5 Å². The molecule has 4 rings (SSSR count). The van der Waals surface area contributed by atoms with E-state index in [0.717, 1.165) is 35.9 Å². The van der Waals surface area contributed by atoms with Gasteiger partial charge < -0.3 is 15.0 Å². The fourth-order valence-electron chi connectivity index (χ4n) is 3.71. The van der Waals surface area contributed by atoms with Crippen LogP contribution < -0.4 is 15.0 Å². The zero-order valence-corrected chi connectivity index (χ0v) is 17.5. The van der Waals surface area contributed by atoms with E-state index in [0.29, 0.717) is 24.5 Å². The van der Waals surface area contributed by atoms with Crippen LogP contribution in [0.5, 0.6) is 5.75 Å². The number of anilines is 1. The minimum atomic E-state index is -0.158. The number of nitrogens with one attached hydrogen (secondary N) is 1. The monoisotopic (exact) mass is 414 g/mol. The van der Waals surface area contributed by atoms with E-state index in [1.807, 2.05) is 25.1 Å². The molecule has 2 amide bonds. The number of nitrogens with zero attached hydrogens (tertiary/aromatic N) is 3. The number of carbonyl (C=O) groups is 2. The number of likely N-dealkylation sites (tertiary alicyclic amines) is 1. The zero-order valence-electron chi connectivity index (χ0n) is 16.6. The van der Waals surface area contributed by atoms with E-state index in [1.54, 1.807) is 10.3 Å². The highest BCUT2D eigenvalue weighted by atomic mass is 32.1. The lowest BCUT2D eigenvalue weighted by Crippen LogP contribution is -2.38. The summed E-state index contributed by atoms with van der Waals surface area (Å²) in [5, 5.41) is 5.45. The molecular formula is C21H26N4O3S. The molecule has 0 spiro atoms. The maximum Gasteiger partial charge on any atom is 0.270 e. The molecule has 1 fully saturated rings. The number of ether oxygens (including phenoxy) is 1. The summed E-state index contributed by atoms with van der Waals surface area (Å²) in [6.45, 7) is 6.07. The van der Waals surface area contributed by atoms with Gasteiger partial charge in [-0.15, -0.1) is 11.3 Å². The number of hydrogen-bond acceptors (Lipinski definition) is 6. The molecule has 0 aliphatic carbocycles. The van der Waals surface area contributed by atoms with Crippen molar-refractivity contribution in [2.24, 2.45) is 0 Å². The molecule has 0 radical (unpaired) electrons. The van der Waals surface area contributed by atoms with Crippen molar-refractivity contribution in [2.45, 2.75) is 32.7 Å². The number of thiazole rings is 1. The van der Waals surface area contributed by atoms with Crippen molar-refractivity contribution in [2.75, 3.05) is 37.7 Å². The Balaban J connectivity index is 1.36. The standard InChI is InChI=1S/C21H26N4O3S/c1-15-5-6-18-17(11-15)25(20(26)13-28-18)12-19-23-16(14-29-19)21(27)22-7-10-24-8-3-2-4-9-24/h5-6,11,14H,2-4,7-10,12-13H2,1H3,(H,22,27). The van der Waals surface area contributed by atoms with Gasteiger partial charge in [0.1, 0.15) is 16.5 Å². The summed E-state index contributed by atoms with van der Waals surface area (Å²) in [5.74, 6) is 0.433. The van der Waals surface area contributed by atoms with Gasteiger partial charge in [-0.25, -0.2) is 4.98 Å². The Bertz CT molecular complexity index is 892.